The Morgan fingerprint density at radius 2 is 1.57 bits per heavy atom. The van der Waals surface area contributed by atoms with E-state index in [4.69, 9.17) is 23.2 Å². The van der Waals surface area contributed by atoms with Crippen molar-refractivity contribution in [2.45, 2.75) is 32.6 Å². The molecule has 1 aliphatic rings. The molecule has 0 radical (unpaired) electrons. The van der Waals surface area contributed by atoms with E-state index in [9.17, 15) is 0 Å². The number of rotatable bonds is 1. The summed E-state index contributed by atoms with van der Waals surface area (Å²) in [6.07, 6.45) is 4.84. The summed E-state index contributed by atoms with van der Waals surface area (Å²) in [7, 11) is 1.50. The second-order valence-corrected chi connectivity index (χ2v) is 6.07. The Kier molecular flexibility index (Phi) is 5.69. The minimum atomic E-state index is 0.754. The monoisotopic (exact) mass is 321 g/mol. The molecule has 1 nitrogen and oxygen atoms in total. The van der Waals surface area contributed by atoms with Gasteiger partial charge in [-0.3, -0.25) is 0 Å². The van der Waals surface area contributed by atoms with Gasteiger partial charge in [0, 0.05) is 5.56 Å². The number of nitrogens with two attached hydrogens (primary N) is 1. The van der Waals surface area contributed by atoms with Crippen LogP contribution in [0.3, 0.4) is 0 Å². The third kappa shape index (κ3) is 3.42. The molecule has 1 aliphatic carbocycles. The maximum absolute atomic E-state index is 6.43. The van der Waals surface area contributed by atoms with E-state index in [2.05, 4.69) is 23.9 Å². The minimum absolute atomic E-state index is 0.754. The highest BCUT2D eigenvalue weighted by Crippen LogP contribution is 2.40. The molecule has 0 unspecified atom stereocenters. The highest BCUT2D eigenvalue weighted by molar-refractivity contribution is 6.39. The van der Waals surface area contributed by atoms with E-state index in [-0.39, 0.29) is 0 Å². The SMILES string of the molecule is CN.Cc1cc(Cl)c(-c2cccc3c2CCCC3)c(Cl)c1. The molecule has 0 aromatic heterocycles. The molecule has 0 heterocycles. The first-order chi connectivity index (χ1) is 10.2. The average Bonchev–Trinajstić information content (AvgIpc) is 2.48. The maximum atomic E-state index is 6.43. The number of fused-ring (bicyclic) bond motifs is 1. The van der Waals surface area contributed by atoms with Crippen molar-refractivity contribution in [3.63, 3.8) is 0 Å². The molecule has 2 aromatic carbocycles. The van der Waals surface area contributed by atoms with E-state index in [0.717, 1.165) is 27.6 Å². The lowest BCUT2D eigenvalue weighted by molar-refractivity contribution is 0.687. The Bertz CT molecular complexity index is 612. The summed E-state index contributed by atoms with van der Waals surface area (Å²) in [6, 6.07) is 10.5. The molecular formula is C18H21Cl2N. The molecule has 2 N–H and O–H groups in total. The molecule has 0 amide bonds. The normalized spacial score (nSPS) is 13.2. The first kappa shape index (κ1) is 16.4. The van der Waals surface area contributed by atoms with Crippen LogP contribution < -0.4 is 5.73 Å². The van der Waals surface area contributed by atoms with Crippen molar-refractivity contribution in [3.05, 3.63) is 57.1 Å². The molecule has 0 atom stereocenters. The first-order valence-electron chi connectivity index (χ1n) is 7.31. The van der Waals surface area contributed by atoms with Crippen LogP contribution in [0.2, 0.25) is 10.0 Å². The Morgan fingerprint density at radius 3 is 2.24 bits per heavy atom. The fourth-order valence-electron chi connectivity index (χ4n) is 2.97. The predicted molar refractivity (Wildman–Crippen MR) is 93.4 cm³/mol. The molecule has 3 rings (SSSR count). The zero-order valence-corrected chi connectivity index (χ0v) is 14.1. The van der Waals surface area contributed by atoms with E-state index >= 15 is 0 Å². The van der Waals surface area contributed by atoms with Crippen LogP contribution in [0.1, 0.15) is 29.5 Å². The molecule has 0 saturated carbocycles. The van der Waals surface area contributed by atoms with E-state index in [1.54, 1.807) is 0 Å². The van der Waals surface area contributed by atoms with Crippen molar-refractivity contribution >= 4 is 23.2 Å². The molecule has 0 saturated heterocycles. The van der Waals surface area contributed by atoms with Gasteiger partial charge in [0.05, 0.1) is 10.0 Å². The molecule has 2 aromatic rings. The van der Waals surface area contributed by atoms with Crippen molar-refractivity contribution in [3.8, 4) is 11.1 Å². The molecule has 0 spiro atoms. The van der Waals surface area contributed by atoms with Gasteiger partial charge in [0.1, 0.15) is 0 Å². The van der Waals surface area contributed by atoms with Crippen LogP contribution in [0.5, 0.6) is 0 Å². The van der Waals surface area contributed by atoms with Crippen LogP contribution in [0.25, 0.3) is 11.1 Å². The van der Waals surface area contributed by atoms with Gasteiger partial charge >= 0.3 is 0 Å². The second kappa shape index (κ2) is 7.31. The molecule has 112 valence electrons. The summed E-state index contributed by atoms with van der Waals surface area (Å²) in [5.74, 6) is 0. The lowest BCUT2D eigenvalue weighted by atomic mass is 9.86. The maximum Gasteiger partial charge on any atom is 0.0502 e. The average molecular weight is 322 g/mol. The summed E-state index contributed by atoms with van der Waals surface area (Å²) < 4.78 is 0. The van der Waals surface area contributed by atoms with Crippen LogP contribution in [-0.2, 0) is 12.8 Å². The third-order valence-corrected chi connectivity index (χ3v) is 4.45. The van der Waals surface area contributed by atoms with Crippen molar-refractivity contribution in [2.75, 3.05) is 7.05 Å². The summed E-state index contributed by atoms with van der Waals surface area (Å²) >= 11 is 12.9. The van der Waals surface area contributed by atoms with Crippen LogP contribution in [0.4, 0.5) is 0 Å². The van der Waals surface area contributed by atoms with E-state index in [0.29, 0.717) is 0 Å². The molecular weight excluding hydrogens is 301 g/mol. The summed E-state index contributed by atoms with van der Waals surface area (Å²) in [6.45, 7) is 2.02. The Hall–Kier alpha value is -1.02. The van der Waals surface area contributed by atoms with Gasteiger partial charge in [-0.05, 0) is 74.0 Å². The van der Waals surface area contributed by atoms with Gasteiger partial charge in [0.25, 0.3) is 0 Å². The van der Waals surface area contributed by atoms with Gasteiger partial charge < -0.3 is 5.73 Å². The third-order valence-electron chi connectivity index (χ3n) is 3.85. The van der Waals surface area contributed by atoms with Gasteiger partial charge in [-0.15, -0.1) is 0 Å². The van der Waals surface area contributed by atoms with Crippen LogP contribution in [-0.4, -0.2) is 7.05 Å². The lowest BCUT2D eigenvalue weighted by Gasteiger charge is -2.20. The number of hydrogen-bond donors (Lipinski definition) is 1. The standard InChI is InChI=1S/C17H16Cl2.CH5N/c1-11-9-15(18)17(16(19)10-11)14-8-4-6-12-5-2-3-7-13(12)14;1-2/h4,6,8-10H,2-3,5,7H2,1H3;2H2,1H3. The molecule has 21 heavy (non-hydrogen) atoms. The van der Waals surface area contributed by atoms with E-state index < -0.39 is 0 Å². The fraction of sp³-hybridized carbons (Fsp3) is 0.333. The molecule has 3 heteroatoms. The quantitative estimate of drug-likeness (QED) is 0.745. The van der Waals surface area contributed by atoms with Crippen LogP contribution >= 0.6 is 23.2 Å². The molecule has 0 aliphatic heterocycles. The van der Waals surface area contributed by atoms with Crippen molar-refractivity contribution < 1.29 is 0 Å². The van der Waals surface area contributed by atoms with Gasteiger partial charge in [-0.25, -0.2) is 0 Å². The number of aryl methyl sites for hydroxylation is 2. The van der Waals surface area contributed by atoms with Crippen molar-refractivity contribution in [2.24, 2.45) is 5.73 Å². The van der Waals surface area contributed by atoms with Crippen LogP contribution in [0, 0.1) is 6.92 Å². The second-order valence-electron chi connectivity index (χ2n) is 5.25. The van der Waals surface area contributed by atoms with Crippen molar-refractivity contribution in [1.29, 1.82) is 0 Å². The van der Waals surface area contributed by atoms with Crippen molar-refractivity contribution in [1.82, 2.24) is 0 Å². The molecule has 0 fully saturated rings. The highest BCUT2D eigenvalue weighted by atomic mass is 35.5. The largest absolute Gasteiger partial charge is 0.333 e. The fourth-order valence-corrected chi connectivity index (χ4v) is 3.77. The minimum Gasteiger partial charge on any atom is -0.333 e. The topological polar surface area (TPSA) is 26.0 Å². The van der Waals surface area contributed by atoms with Crippen LogP contribution in [0.15, 0.2) is 30.3 Å². The Balaban J connectivity index is 0.000000774. The smallest absolute Gasteiger partial charge is 0.0502 e. The van der Waals surface area contributed by atoms with Gasteiger partial charge in [-0.1, -0.05) is 41.4 Å². The number of benzene rings is 2. The Morgan fingerprint density at radius 1 is 0.952 bits per heavy atom. The summed E-state index contributed by atoms with van der Waals surface area (Å²) in [5, 5.41) is 1.51. The lowest BCUT2D eigenvalue weighted by Crippen LogP contribution is -2.04. The predicted octanol–water partition coefficient (Wildman–Crippen LogP) is 5.42. The van der Waals surface area contributed by atoms with E-state index in [1.165, 1.54) is 43.0 Å². The van der Waals surface area contributed by atoms with Gasteiger partial charge in [0.2, 0.25) is 0 Å². The summed E-state index contributed by atoms with van der Waals surface area (Å²) in [5.41, 5.74) is 10.7. The summed E-state index contributed by atoms with van der Waals surface area (Å²) in [4.78, 5) is 0. The van der Waals surface area contributed by atoms with Gasteiger partial charge in [-0.2, -0.15) is 0 Å². The van der Waals surface area contributed by atoms with Gasteiger partial charge in [0.15, 0.2) is 0 Å². The zero-order chi connectivity index (χ0) is 15.4. The first-order valence-corrected chi connectivity index (χ1v) is 8.07. The Labute approximate surface area is 137 Å². The molecule has 0 bridgehead atoms. The van der Waals surface area contributed by atoms with E-state index in [1.807, 2.05) is 19.1 Å². The highest BCUT2D eigenvalue weighted by Gasteiger charge is 2.17. The zero-order valence-electron chi connectivity index (χ0n) is 12.5. The number of halogens is 2. The number of hydrogen-bond acceptors (Lipinski definition) is 1.